The van der Waals surface area contributed by atoms with Crippen LogP contribution in [0.4, 0.5) is 0 Å². The van der Waals surface area contributed by atoms with Crippen molar-refractivity contribution in [3.05, 3.63) is 35.4 Å². The molecule has 0 atom stereocenters. The SMILES string of the molecule is CO/N=C(/C)Cc1ccc(C)cc1. The quantitative estimate of drug-likeness (QED) is 0.513. The van der Waals surface area contributed by atoms with Crippen LogP contribution < -0.4 is 0 Å². The van der Waals surface area contributed by atoms with Gasteiger partial charge >= 0.3 is 0 Å². The number of hydrogen-bond acceptors (Lipinski definition) is 2. The fourth-order valence-corrected chi connectivity index (χ4v) is 1.19. The van der Waals surface area contributed by atoms with E-state index in [0.29, 0.717) is 0 Å². The summed E-state index contributed by atoms with van der Waals surface area (Å²) in [6.07, 6.45) is 0.855. The van der Waals surface area contributed by atoms with Gasteiger partial charge in [0.2, 0.25) is 0 Å². The van der Waals surface area contributed by atoms with E-state index >= 15 is 0 Å². The summed E-state index contributed by atoms with van der Waals surface area (Å²) in [5.41, 5.74) is 3.54. The van der Waals surface area contributed by atoms with Gasteiger partial charge in [-0.2, -0.15) is 0 Å². The van der Waals surface area contributed by atoms with Gasteiger partial charge in [-0.1, -0.05) is 35.0 Å². The van der Waals surface area contributed by atoms with E-state index in [2.05, 4.69) is 41.2 Å². The molecule has 0 aliphatic rings. The van der Waals surface area contributed by atoms with Gasteiger partial charge in [0.25, 0.3) is 0 Å². The van der Waals surface area contributed by atoms with Crippen LogP contribution in [0.3, 0.4) is 0 Å². The first kappa shape index (κ1) is 9.78. The van der Waals surface area contributed by atoms with Crippen LogP contribution in [-0.2, 0) is 11.3 Å². The first-order chi connectivity index (χ1) is 6.22. The van der Waals surface area contributed by atoms with Crippen molar-refractivity contribution < 1.29 is 4.84 Å². The molecule has 0 bridgehead atoms. The Bertz CT molecular complexity index is 287. The minimum absolute atomic E-state index is 0.855. The number of aryl methyl sites for hydroxylation is 1. The van der Waals surface area contributed by atoms with Gasteiger partial charge in [-0.3, -0.25) is 0 Å². The first-order valence-electron chi connectivity index (χ1n) is 4.34. The van der Waals surface area contributed by atoms with E-state index in [1.165, 1.54) is 11.1 Å². The Morgan fingerprint density at radius 2 is 1.92 bits per heavy atom. The molecule has 0 unspecified atom stereocenters. The van der Waals surface area contributed by atoms with E-state index in [1.807, 2.05) is 6.92 Å². The van der Waals surface area contributed by atoms with E-state index in [4.69, 9.17) is 0 Å². The molecule has 2 heteroatoms. The molecule has 1 aromatic rings. The van der Waals surface area contributed by atoms with E-state index in [0.717, 1.165) is 12.1 Å². The maximum atomic E-state index is 4.69. The van der Waals surface area contributed by atoms with Gasteiger partial charge in [-0.15, -0.1) is 0 Å². The summed E-state index contributed by atoms with van der Waals surface area (Å²) >= 11 is 0. The topological polar surface area (TPSA) is 21.6 Å². The maximum absolute atomic E-state index is 4.69. The number of benzene rings is 1. The minimum Gasteiger partial charge on any atom is -0.399 e. The molecule has 13 heavy (non-hydrogen) atoms. The van der Waals surface area contributed by atoms with Crippen LogP contribution in [0.25, 0.3) is 0 Å². The van der Waals surface area contributed by atoms with Crippen LogP contribution in [0.5, 0.6) is 0 Å². The van der Waals surface area contributed by atoms with Crippen LogP contribution >= 0.6 is 0 Å². The molecule has 0 aromatic heterocycles. The zero-order valence-corrected chi connectivity index (χ0v) is 8.37. The van der Waals surface area contributed by atoms with Crippen LogP contribution in [0.15, 0.2) is 29.4 Å². The highest BCUT2D eigenvalue weighted by atomic mass is 16.6. The van der Waals surface area contributed by atoms with Crippen molar-refractivity contribution >= 4 is 5.71 Å². The molecular weight excluding hydrogens is 162 g/mol. The predicted molar refractivity (Wildman–Crippen MR) is 55.0 cm³/mol. The fourth-order valence-electron chi connectivity index (χ4n) is 1.19. The van der Waals surface area contributed by atoms with Crippen molar-refractivity contribution in [1.29, 1.82) is 0 Å². The molecule has 1 aromatic carbocycles. The van der Waals surface area contributed by atoms with Gasteiger partial charge in [0.15, 0.2) is 0 Å². The highest BCUT2D eigenvalue weighted by Crippen LogP contribution is 2.04. The van der Waals surface area contributed by atoms with Crippen molar-refractivity contribution in [3.63, 3.8) is 0 Å². The molecule has 0 saturated carbocycles. The smallest absolute Gasteiger partial charge is 0.106 e. The van der Waals surface area contributed by atoms with E-state index in [9.17, 15) is 0 Å². The molecule has 0 amide bonds. The van der Waals surface area contributed by atoms with Crippen LogP contribution in [-0.4, -0.2) is 12.8 Å². The molecule has 0 fully saturated rings. The lowest BCUT2D eigenvalue weighted by atomic mass is 10.1. The lowest BCUT2D eigenvalue weighted by Gasteiger charge is -2.00. The third-order valence-corrected chi connectivity index (χ3v) is 1.83. The lowest BCUT2D eigenvalue weighted by molar-refractivity contribution is 0.212. The van der Waals surface area contributed by atoms with Gasteiger partial charge < -0.3 is 4.84 Å². The van der Waals surface area contributed by atoms with Crippen molar-refractivity contribution in [1.82, 2.24) is 0 Å². The Hall–Kier alpha value is -1.31. The summed E-state index contributed by atoms with van der Waals surface area (Å²) in [6.45, 7) is 4.04. The zero-order chi connectivity index (χ0) is 9.68. The second-order valence-corrected chi connectivity index (χ2v) is 3.17. The zero-order valence-electron chi connectivity index (χ0n) is 8.37. The third kappa shape index (κ3) is 3.28. The molecule has 0 aliphatic carbocycles. The summed E-state index contributed by atoms with van der Waals surface area (Å²) < 4.78 is 0. The number of hydrogen-bond donors (Lipinski definition) is 0. The minimum atomic E-state index is 0.855. The average molecular weight is 177 g/mol. The first-order valence-corrected chi connectivity index (χ1v) is 4.34. The Morgan fingerprint density at radius 3 is 2.46 bits per heavy atom. The maximum Gasteiger partial charge on any atom is 0.106 e. The van der Waals surface area contributed by atoms with Gasteiger partial charge in [-0.05, 0) is 19.4 Å². The van der Waals surface area contributed by atoms with Crippen molar-refractivity contribution in [2.24, 2.45) is 5.16 Å². The van der Waals surface area contributed by atoms with Crippen molar-refractivity contribution in [3.8, 4) is 0 Å². The highest BCUT2D eigenvalue weighted by molar-refractivity contribution is 5.83. The summed E-state index contributed by atoms with van der Waals surface area (Å²) in [7, 11) is 1.57. The molecule has 70 valence electrons. The van der Waals surface area contributed by atoms with Crippen molar-refractivity contribution in [2.45, 2.75) is 20.3 Å². The fraction of sp³-hybridized carbons (Fsp3) is 0.364. The van der Waals surface area contributed by atoms with Gasteiger partial charge in [-0.25, -0.2) is 0 Å². The van der Waals surface area contributed by atoms with Crippen molar-refractivity contribution in [2.75, 3.05) is 7.11 Å². The highest BCUT2D eigenvalue weighted by Gasteiger charge is 1.95. The second-order valence-electron chi connectivity index (χ2n) is 3.17. The monoisotopic (exact) mass is 177 g/mol. The number of nitrogens with zero attached hydrogens (tertiary/aromatic N) is 1. The largest absolute Gasteiger partial charge is 0.399 e. The normalized spacial score (nSPS) is 11.5. The molecule has 1 rings (SSSR count). The Labute approximate surface area is 79.2 Å². The van der Waals surface area contributed by atoms with Gasteiger partial charge in [0.1, 0.15) is 7.11 Å². The molecule has 0 aliphatic heterocycles. The number of rotatable bonds is 3. The van der Waals surface area contributed by atoms with Crippen LogP contribution in [0, 0.1) is 6.92 Å². The lowest BCUT2D eigenvalue weighted by Crippen LogP contribution is -1.97. The second kappa shape index (κ2) is 4.65. The standard InChI is InChI=1S/C11H15NO/c1-9-4-6-11(7-5-9)8-10(2)12-13-3/h4-7H,8H2,1-3H3/b12-10-. The summed E-state index contributed by atoms with van der Waals surface area (Å²) in [4.78, 5) is 4.69. The van der Waals surface area contributed by atoms with E-state index in [1.54, 1.807) is 7.11 Å². The predicted octanol–water partition coefficient (Wildman–Crippen LogP) is 2.56. The Morgan fingerprint density at radius 1 is 1.31 bits per heavy atom. The Kier molecular flexibility index (Phi) is 3.50. The van der Waals surface area contributed by atoms with Crippen LogP contribution in [0.1, 0.15) is 18.1 Å². The number of oxime groups is 1. The van der Waals surface area contributed by atoms with E-state index < -0.39 is 0 Å². The molecular formula is C11H15NO. The Balaban J connectivity index is 2.64. The van der Waals surface area contributed by atoms with Gasteiger partial charge in [0, 0.05) is 6.42 Å². The molecule has 0 saturated heterocycles. The molecule has 0 radical (unpaired) electrons. The third-order valence-electron chi connectivity index (χ3n) is 1.83. The molecule has 0 N–H and O–H groups in total. The summed E-state index contributed by atoms with van der Waals surface area (Å²) in [5.74, 6) is 0. The van der Waals surface area contributed by atoms with Gasteiger partial charge in [0.05, 0.1) is 5.71 Å². The van der Waals surface area contributed by atoms with Crippen LogP contribution in [0.2, 0.25) is 0 Å². The summed E-state index contributed by atoms with van der Waals surface area (Å²) in [6, 6.07) is 8.44. The molecule has 0 heterocycles. The molecule has 0 spiro atoms. The van der Waals surface area contributed by atoms with E-state index in [-0.39, 0.29) is 0 Å². The average Bonchev–Trinajstić information content (AvgIpc) is 2.09. The molecule has 2 nitrogen and oxygen atoms in total. The summed E-state index contributed by atoms with van der Waals surface area (Å²) in [5, 5.41) is 3.86.